The molecule has 0 saturated heterocycles. The summed E-state index contributed by atoms with van der Waals surface area (Å²) in [6, 6.07) is 0. The van der Waals surface area contributed by atoms with E-state index in [2.05, 4.69) is 41.9 Å². The van der Waals surface area contributed by atoms with Crippen LogP contribution in [0.4, 0.5) is 0 Å². The quantitative estimate of drug-likeness (QED) is 0.453. The highest BCUT2D eigenvalue weighted by Gasteiger charge is 2.09. The molecular formula is C13H30N+. The van der Waals surface area contributed by atoms with Gasteiger partial charge >= 0.3 is 0 Å². The van der Waals surface area contributed by atoms with Crippen LogP contribution < -0.4 is 0 Å². The maximum Gasteiger partial charge on any atom is 0.0780 e. The van der Waals surface area contributed by atoms with Gasteiger partial charge in [0.1, 0.15) is 0 Å². The Bertz CT molecular complexity index is 118. The zero-order valence-electron chi connectivity index (χ0n) is 11.2. The molecule has 1 heteroatoms. The lowest BCUT2D eigenvalue weighted by Crippen LogP contribution is -2.35. The fraction of sp³-hybridized carbons (Fsp3) is 1.00. The molecule has 0 spiro atoms. The number of hydrogen-bond acceptors (Lipinski definition) is 0. The minimum Gasteiger partial charge on any atom is -0.331 e. The summed E-state index contributed by atoms with van der Waals surface area (Å²) in [5.74, 6) is 0. The second-order valence-electron chi connectivity index (χ2n) is 6.74. The smallest absolute Gasteiger partial charge is 0.0780 e. The molecule has 0 aromatic heterocycles. The molecule has 0 amide bonds. The van der Waals surface area contributed by atoms with Crippen LogP contribution in [0.2, 0.25) is 0 Å². The van der Waals surface area contributed by atoms with Crippen molar-refractivity contribution in [1.29, 1.82) is 0 Å². The summed E-state index contributed by atoms with van der Waals surface area (Å²) in [7, 11) is 6.82. The van der Waals surface area contributed by atoms with E-state index < -0.39 is 0 Å². The lowest BCUT2D eigenvalue weighted by Gasteiger charge is -2.23. The molecule has 0 bridgehead atoms. The Hall–Kier alpha value is -0.0400. The Labute approximate surface area is 91.1 Å². The summed E-state index contributed by atoms with van der Waals surface area (Å²) in [6.45, 7) is 8.31. The van der Waals surface area contributed by atoms with Gasteiger partial charge in [0.25, 0.3) is 0 Å². The van der Waals surface area contributed by atoms with Crippen LogP contribution in [-0.2, 0) is 0 Å². The zero-order valence-corrected chi connectivity index (χ0v) is 11.2. The molecule has 0 heterocycles. The van der Waals surface area contributed by atoms with E-state index >= 15 is 0 Å². The van der Waals surface area contributed by atoms with Gasteiger partial charge in [-0.2, -0.15) is 0 Å². The minimum atomic E-state index is 0.528. The van der Waals surface area contributed by atoms with Crippen molar-refractivity contribution in [1.82, 2.24) is 0 Å². The number of nitrogens with zero attached hydrogens (tertiary/aromatic N) is 1. The Kier molecular flexibility index (Phi) is 5.73. The van der Waals surface area contributed by atoms with Crippen LogP contribution in [0.15, 0.2) is 0 Å². The highest BCUT2D eigenvalue weighted by atomic mass is 15.3. The van der Waals surface area contributed by atoms with Gasteiger partial charge in [-0.1, -0.05) is 33.6 Å². The van der Waals surface area contributed by atoms with Gasteiger partial charge < -0.3 is 4.48 Å². The van der Waals surface area contributed by atoms with Crippen LogP contribution in [0.1, 0.15) is 52.9 Å². The minimum absolute atomic E-state index is 0.528. The molecule has 0 N–H and O–H groups in total. The topological polar surface area (TPSA) is 0 Å². The number of hydrogen-bond donors (Lipinski definition) is 0. The first kappa shape index (κ1) is 14.0. The van der Waals surface area contributed by atoms with Gasteiger partial charge in [0, 0.05) is 0 Å². The van der Waals surface area contributed by atoms with Crippen LogP contribution >= 0.6 is 0 Å². The first-order chi connectivity index (χ1) is 6.21. The monoisotopic (exact) mass is 200 g/mol. The number of rotatable bonds is 6. The third kappa shape index (κ3) is 12.0. The molecule has 0 unspecified atom stereocenters. The highest BCUT2D eigenvalue weighted by Crippen LogP contribution is 2.22. The molecule has 0 radical (unpaired) electrons. The summed E-state index contributed by atoms with van der Waals surface area (Å²) in [4.78, 5) is 0. The molecule has 0 atom stereocenters. The predicted molar refractivity (Wildman–Crippen MR) is 65.4 cm³/mol. The summed E-state index contributed by atoms with van der Waals surface area (Å²) < 4.78 is 1.11. The Morgan fingerprint density at radius 1 is 0.786 bits per heavy atom. The largest absolute Gasteiger partial charge is 0.331 e. The lowest BCUT2D eigenvalue weighted by molar-refractivity contribution is -0.870. The van der Waals surface area contributed by atoms with Crippen LogP contribution in [0.25, 0.3) is 0 Å². The number of unbranched alkanes of at least 4 members (excludes halogenated alkanes) is 3. The third-order valence-electron chi connectivity index (χ3n) is 2.51. The summed E-state index contributed by atoms with van der Waals surface area (Å²) >= 11 is 0. The zero-order chi connectivity index (χ0) is 11.2. The van der Waals surface area contributed by atoms with Gasteiger partial charge in [-0.15, -0.1) is 0 Å². The molecule has 0 fully saturated rings. The third-order valence-corrected chi connectivity index (χ3v) is 2.51. The molecule has 0 aliphatic rings. The van der Waals surface area contributed by atoms with Gasteiger partial charge in [-0.25, -0.2) is 0 Å². The van der Waals surface area contributed by atoms with Gasteiger partial charge in [-0.3, -0.25) is 0 Å². The normalized spacial score (nSPS) is 13.3. The van der Waals surface area contributed by atoms with Crippen molar-refractivity contribution in [2.45, 2.75) is 52.9 Å². The molecule has 0 rings (SSSR count). The van der Waals surface area contributed by atoms with Crippen LogP contribution in [0, 0.1) is 5.41 Å². The maximum absolute atomic E-state index is 2.33. The van der Waals surface area contributed by atoms with Crippen molar-refractivity contribution in [3.05, 3.63) is 0 Å². The van der Waals surface area contributed by atoms with Crippen molar-refractivity contribution in [3.63, 3.8) is 0 Å². The molecule has 0 aliphatic carbocycles. The fourth-order valence-electron chi connectivity index (χ4n) is 1.60. The van der Waals surface area contributed by atoms with Crippen molar-refractivity contribution >= 4 is 0 Å². The van der Waals surface area contributed by atoms with Crippen LogP contribution in [0.5, 0.6) is 0 Å². The van der Waals surface area contributed by atoms with Crippen molar-refractivity contribution in [2.24, 2.45) is 5.41 Å². The van der Waals surface area contributed by atoms with E-state index in [-0.39, 0.29) is 0 Å². The van der Waals surface area contributed by atoms with E-state index in [1.54, 1.807) is 0 Å². The van der Waals surface area contributed by atoms with Crippen LogP contribution in [-0.4, -0.2) is 32.2 Å². The Balaban J connectivity index is 3.23. The standard InChI is InChI=1S/C13H30N/c1-13(2,3)11-9-7-8-10-12-14(4,5)6/h7-12H2,1-6H3/q+1. The highest BCUT2D eigenvalue weighted by molar-refractivity contribution is 4.60. The SMILES string of the molecule is CC(C)(C)CCCCCC[N+](C)(C)C. The Morgan fingerprint density at radius 2 is 1.29 bits per heavy atom. The van der Waals surface area contributed by atoms with E-state index in [1.807, 2.05) is 0 Å². The van der Waals surface area contributed by atoms with Crippen molar-refractivity contribution in [3.8, 4) is 0 Å². The first-order valence-corrected chi connectivity index (χ1v) is 6.01. The van der Waals surface area contributed by atoms with Crippen molar-refractivity contribution in [2.75, 3.05) is 27.7 Å². The van der Waals surface area contributed by atoms with Crippen LogP contribution in [0.3, 0.4) is 0 Å². The van der Waals surface area contributed by atoms with Gasteiger partial charge in [0.05, 0.1) is 27.7 Å². The van der Waals surface area contributed by atoms with E-state index in [1.165, 1.54) is 38.6 Å². The van der Waals surface area contributed by atoms with E-state index in [9.17, 15) is 0 Å². The van der Waals surface area contributed by atoms with E-state index in [0.29, 0.717) is 5.41 Å². The van der Waals surface area contributed by atoms with Gasteiger partial charge in [-0.05, 0) is 24.7 Å². The lowest BCUT2D eigenvalue weighted by atomic mass is 9.89. The first-order valence-electron chi connectivity index (χ1n) is 6.01. The summed E-state index contributed by atoms with van der Waals surface area (Å²) in [6.07, 6.45) is 6.98. The average molecular weight is 200 g/mol. The average Bonchev–Trinajstić information content (AvgIpc) is 1.92. The molecule has 0 aromatic carbocycles. The van der Waals surface area contributed by atoms with Crippen molar-refractivity contribution < 1.29 is 4.48 Å². The molecule has 1 nitrogen and oxygen atoms in total. The molecular weight excluding hydrogens is 170 g/mol. The second-order valence-corrected chi connectivity index (χ2v) is 6.74. The van der Waals surface area contributed by atoms with Gasteiger partial charge in [0.2, 0.25) is 0 Å². The van der Waals surface area contributed by atoms with Gasteiger partial charge in [0.15, 0.2) is 0 Å². The molecule has 14 heavy (non-hydrogen) atoms. The molecule has 0 aliphatic heterocycles. The summed E-state index contributed by atoms with van der Waals surface area (Å²) in [5.41, 5.74) is 0.528. The number of quaternary nitrogens is 1. The fourth-order valence-corrected chi connectivity index (χ4v) is 1.60. The van der Waals surface area contributed by atoms with E-state index in [4.69, 9.17) is 0 Å². The summed E-state index contributed by atoms with van der Waals surface area (Å²) in [5, 5.41) is 0. The molecule has 0 saturated carbocycles. The predicted octanol–water partition coefficient (Wildman–Crippen LogP) is 3.69. The molecule has 86 valence electrons. The second kappa shape index (κ2) is 5.75. The van der Waals surface area contributed by atoms with E-state index in [0.717, 1.165) is 4.48 Å². The molecule has 0 aromatic rings. The maximum atomic E-state index is 2.33. The Morgan fingerprint density at radius 3 is 1.71 bits per heavy atom.